The summed E-state index contributed by atoms with van der Waals surface area (Å²) in [6.07, 6.45) is 5.13. The van der Waals surface area contributed by atoms with E-state index in [-0.39, 0.29) is 0 Å². The molecule has 0 aliphatic carbocycles. The molecule has 1 saturated heterocycles. The summed E-state index contributed by atoms with van der Waals surface area (Å²) >= 11 is 3.62. The fourth-order valence-electron chi connectivity index (χ4n) is 2.44. The molecule has 1 fully saturated rings. The summed E-state index contributed by atoms with van der Waals surface area (Å²) in [7, 11) is 0. The van der Waals surface area contributed by atoms with Crippen molar-refractivity contribution in [3.05, 3.63) is 17.5 Å². The molecule has 1 aromatic heterocycles. The van der Waals surface area contributed by atoms with Crippen LogP contribution in [0.3, 0.4) is 0 Å². The molecule has 1 aliphatic rings. The average Bonchev–Trinajstić information content (AvgIpc) is 2.52. The summed E-state index contributed by atoms with van der Waals surface area (Å²) in [6, 6.07) is 2.57. The number of hydrogen-bond donors (Lipinski definition) is 0. The summed E-state index contributed by atoms with van der Waals surface area (Å²) in [5, 5.41) is 1.00. The van der Waals surface area contributed by atoms with E-state index >= 15 is 0 Å². The zero-order valence-corrected chi connectivity index (χ0v) is 12.2. The number of rotatable bonds is 2. The standard InChI is InChI=1S/C13H20BrN3/c1-10-8-11(2)16-13(15-10)17-7-5-3-4-6-12(17)9-14/h8,12H,3-7,9H2,1-2H3. The van der Waals surface area contributed by atoms with Crippen LogP contribution in [0.1, 0.15) is 37.1 Å². The molecule has 0 saturated carbocycles. The van der Waals surface area contributed by atoms with Crippen LogP contribution in [0, 0.1) is 13.8 Å². The molecule has 2 rings (SSSR count). The van der Waals surface area contributed by atoms with Crippen LogP contribution in [0.5, 0.6) is 0 Å². The van der Waals surface area contributed by atoms with E-state index in [1.54, 1.807) is 0 Å². The molecule has 0 bridgehead atoms. The van der Waals surface area contributed by atoms with Crippen molar-refractivity contribution >= 4 is 21.9 Å². The minimum atomic E-state index is 0.540. The van der Waals surface area contributed by atoms with Crippen LogP contribution in [-0.4, -0.2) is 27.9 Å². The minimum absolute atomic E-state index is 0.540. The largest absolute Gasteiger partial charge is 0.337 e. The average molecular weight is 298 g/mol. The molecule has 3 nitrogen and oxygen atoms in total. The molecule has 1 aromatic rings. The van der Waals surface area contributed by atoms with Crippen LogP contribution in [-0.2, 0) is 0 Å². The third-order valence-electron chi connectivity index (χ3n) is 3.28. The molecular weight excluding hydrogens is 278 g/mol. The Morgan fingerprint density at radius 3 is 2.59 bits per heavy atom. The van der Waals surface area contributed by atoms with Crippen molar-refractivity contribution in [3.8, 4) is 0 Å². The number of nitrogens with zero attached hydrogens (tertiary/aromatic N) is 3. The number of hydrogen-bond acceptors (Lipinski definition) is 3. The van der Waals surface area contributed by atoms with Gasteiger partial charge in [0.1, 0.15) is 0 Å². The summed E-state index contributed by atoms with van der Waals surface area (Å²) in [6.45, 7) is 5.16. The van der Waals surface area contributed by atoms with Crippen molar-refractivity contribution in [1.29, 1.82) is 0 Å². The first-order valence-corrected chi connectivity index (χ1v) is 7.48. The van der Waals surface area contributed by atoms with Crippen LogP contribution in [0.4, 0.5) is 5.95 Å². The zero-order chi connectivity index (χ0) is 12.3. The Hall–Kier alpha value is -0.640. The molecule has 0 N–H and O–H groups in total. The van der Waals surface area contributed by atoms with E-state index in [2.05, 4.69) is 30.8 Å². The lowest BCUT2D eigenvalue weighted by Crippen LogP contribution is -2.37. The predicted octanol–water partition coefficient (Wildman–Crippen LogP) is 3.24. The number of aromatic nitrogens is 2. The van der Waals surface area contributed by atoms with E-state index in [0.29, 0.717) is 6.04 Å². The van der Waals surface area contributed by atoms with Crippen LogP contribution in [0.25, 0.3) is 0 Å². The summed E-state index contributed by atoms with van der Waals surface area (Å²) in [5.41, 5.74) is 2.12. The van der Waals surface area contributed by atoms with Gasteiger partial charge in [-0.15, -0.1) is 0 Å². The lowest BCUT2D eigenvalue weighted by atomic mass is 10.1. The van der Waals surface area contributed by atoms with Crippen LogP contribution in [0.2, 0.25) is 0 Å². The summed E-state index contributed by atoms with van der Waals surface area (Å²) < 4.78 is 0. The predicted molar refractivity (Wildman–Crippen MR) is 74.9 cm³/mol. The lowest BCUT2D eigenvalue weighted by Gasteiger charge is -2.29. The smallest absolute Gasteiger partial charge is 0.226 e. The van der Waals surface area contributed by atoms with Gasteiger partial charge in [0.05, 0.1) is 0 Å². The molecule has 4 heteroatoms. The maximum Gasteiger partial charge on any atom is 0.226 e. The second kappa shape index (κ2) is 5.80. The van der Waals surface area contributed by atoms with Crippen LogP contribution >= 0.6 is 15.9 Å². The second-order valence-corrected chi connectivity index (χ2v) is 5.45. The van der Waals surface area contributed by atoms with E-state index in [9.17, 15) is 0 Å². The quantitative estimate of drug-likeness (QED) is 0.785. The maximum absolute atomic E-state index is 4.59. The maximum atomic E-state index is 4.59. The molecule has 94 valence electrons. The van der Waals surface area contributed by atoms with Gasteiger partial charge in [0.2, 0.25) is 5.95 Å². The first-order valence-electron chi connectivity index (χ1n) is 6.35. The highest BCUT2D eigenvalue weighted by Gasteiger charge is 2.22. The highest BCUT2D eigenvalue weighted by molar-refractivity contribution is 9.09. The molecule has 1 unspecified atom stereocenters. The first-order chi connectivity index (χ1) is 8.20. The van der Waals surface area contributed by atoms with Crippen LogP contribution in [0.15, 0.2) is 6.07 Å². The number of alkyl halides is 1. The van der Waals surface area contributed by atoms with Gasteiger partial charge in [0, 0.05) is 29.3 Å². The monoisotopic (exact) mass is 297 g/mol. The van der Waals surface area contributed by atoms with Gasteiger partial charge in [-0.25, -0.2) is 9.97 Å². The van der Waals surface area contributed by atoms with E-state index in [1.165, 1.54) is 25.7 Å². The van der Waals surface area contributed by atoms with Crippen molar-refractivity contribution in [2.24, 2.45) is 0 Å². The second-order valence-electron chi connectivity index (χ2n) is 4.80. The Balaban J connectivity index is 2.27. The Morgan fingerprint density at radius 2 is 1.94 bits per heavy atom. The Labute approximate surface area is 112 Å². The van der Waals surface area contributed by atoms with Crippen molar-refractivity contribution in [2.75, 3.05) is 16.8 Å². The van der Waals surface area contributed by atoms with Gasteiger partial charge in [-0.3, -0.25) is 0 Å². The van der Waals surface area contributed by atoms with Crippen molar-refractivity contribution in [2.45, 2.75) is 45.6 Å². The fraction of sp³-hybridized carbons (Fsp3) is 0.692. The van der Waals surface area contributed by atoms with Gasteiger partial charge in [-0.2, -0.15) is 0 Å². The number of aryl methyl sites for hydroxylation is 2. The summed E-state index contributed by atoms with van der Waals surface area (Å²) in [4.78, 5) is 11.6. The first kappa shape index (κ1) is 12.8. The van der Waals surface area contributed by atoms with Crippen molar-refractivity contribution < 1.29 is 0 Å². The molecule has 0 spiro atoms. The van der Waals surface area contributed by atoms with E-state index in [1.807, 2.05) is 19.9 Å². The third kappa shape index (κ3) is 3.18. The van der Waals surface area contributed by atoms with E-state index < -0.39 is 0 Å². The van der Waals surface area contributed by atoms with E-state index in [0.717, 1.165) is 29.2 Å². The highest BCUT2D eigenvalue weighted by Crippen LogP contribution is 2.22. The number of halogens is 1. The SMILES string of the molecule is Cc1cc(C)nc(N2CCCCCC2CBr)n1. The highest BCUT2D eigenvalue weighted by atomic mass is 79.9. The molecule has 1 aliphatic heterocycles. The lowest BCUT2D eigenvalue weighted by molar-refractivity contribution is 0.613. The normalized spacial score (nSPS) is 21.4. The topological polar surface area (TPSA) is 29.0 Å². The van der Waals surface area contributed by atoms with Crippen LogP contribution < -0.4 is 4.90 Å². The Morgan fingerprint density at radius 1 is 1.24 bits per heavy atom. The molecular formula is C13H20BrN3. The third-order valence-corrected chi connectivity index (χ3v) is 4.03. The van der Waals surface area contributed by atoms with E-state index in [4.69, 9.17) is 0 Å². The molecule has 2 heterocycles. The van der Waals surface area contributed by atoms with Gasteiger partial charge >= 0.3 is 0 Å². The molecule has 17 heavy (non-hydrogen) atoms. The molecule has 0 radical (unpaired) electrons. The molecule has 0 amide bonds. The van der Waals surface area contributed by atoms with Crippen molar-refractivity contribution in [1.82, 2.24) is 9.97 Å². The summed E-state index contributed by atoms with van der Waals surface area (Å²) in [5.74, 6) is 0.911. The van der Waals surface area contributed by atoms with Gasteiger partial charge in [0.25, 0.3) is 0 Å². The minimum Gasteiger partial charge on any atom is -0.337 e. The zero-order valence-electron chi connectivity index (χ0n) is 10.6. The molecule has 0 aromatic carbocycles. The van der Waals surface area contributed by atoms with Gasteiger partial charge in [-0.1, -0.05) is 28.8 Å². The molecule has 1 atom stereocenters. The van der Waals surface area contributed by atoms with Gasteiger partial charge in [0.15, 0.2) is 0 Å². The Bertz CT molecular complexity index is 361. The van der Waals surface area contributed by atoms with Gasteiger partial charge < -0.3 is 4.90 Å². The Kier molecular flexibility index (Phi) is 4.37. The van der Waals surface area contributed by atoms with Crippen molar-refractivity contribution in [3.63, 3.8) is 0 Å². The van der Waals surface area contributed by atoms with Gasteiger partial charge in [-0.05, 0) is 32.8 Å². The fourth-order valence-corrected chi connectivity index (χ4v) is 3.11. The number of anilines is 1.